The van der Waals surface area contributed by atoms with Crippen molar-refractivity contribution in [2.75, 3.05) is 5.32 Å². The van der Waals surface area contributed by atoms with Crippen LogP contribution in [0.3, 0.4) is 0 Å². The molecule has 2 aromatic heterocycles. The molecule has 2 atom stereocenters. The van der Waals surface area contributed by atoms with Crippen molar-refractivity contribution >= 4 is 45.8 Å². The first kappa shape index (κ1) is 26.6. The van der Waals surface area contributed by atoms with Crippen molar-refractivity contribution in [3.05, 3.63) is 52.9 Å². The van der Waals surface area contributed by atoms with E-state index in [1.165, 1.54) is 11.3 Å². The molecule has 0 unspecified atom stereocenters. The van der Waals surface area contributed by atoms with Crippen LogP contribution in [0.1, 0.15) is 49.4 Å². The van der Waals surface area contributed by atoms with E-state index in [9.17, 15) is 28.2 Å². The van der Waals surface area contributed by atoms with Gasteiger partial charge in [-0.25, -0.2) is 0 Å². The number of aliphatic hydroxyl groups is 1. The molecule has 190 valence electrons. The summed E-state index contributed by atoms with van der Waals surface area (Å²) in [6, 6.07) is 6.33. The third-order valence-electron chi connectivity index (χ3n) is 6.40. The van der Waals surface area contributed by atoms with Crippen molar-refractivity contribution in [3.8, 4) is 10.4 Å². The van der Waals surface area contributed by atoms with E-state index < -0.39 is 34.8 Å². The second-order valence-electron chi connectivity index (χ2n) is 9.62. The van der Waals surface area contributed by atoms with E-state index in [-0.39, 0.29) is 12.4 Å². The first-order valence-electron chi connectivity index (χ1n) is 11.1. The monoisotopic (exact) mass is 580 g/mol. The summed E-state index contributed by atoms with van der Waals surface area (Å²) in [5.41, 5.74) is -0.663. The van der Waals surface area contributed by atoms with Gasteiger partial charge < -0.3 is 5.11 Å². The van der Waals surface area contributed by atoms with Gasteiger partial charge in [0.25, 0.3) is 0 Å². The molecule has 3 N–H and O–H groups in total. The van der Waals surface area contributed by atoms with Gasteiger partial charge in [-0.05, 0) is 0 Å². The zero-order valence-electron chi connectivity index (χ0n) is 19.5. The maximum absolute atomic E-state index is 13.0. The molecule has 0 amide bonds. The van der Waals surface area contributed by atoms with E-state index in [0.29, 0.717) is 28.7 Å². The van der Waals surface area contributed by atoms with Crippen LogP contribution in [-0.4, -0.2) is 48.0 Å². The van der Waals surface area contributed by atoms with Crippen LogP contribution in [0.4, 0.5) is 24.8 Å². The maximum atomic E-state index is 13.0. The quantitative estimate of drug-likeness (QED) is 0.347. The van der Waals surface area contributed by atoms with Crippen molar-refractivity contribution in [3.63, 3.8) is 0 Å². The molecule has 0 spiro atoms. The van der Waals surface area contributed by atoms with Gasteiger partial charge in [-0.15, -0.1) is 0 Å². The second-order valence-corrected chi connectivity index (χ2v) is 11.3. The number of halogens is 3. The fourth-order valence-corrected chi connectivity index (χ4v) is 6.11. The normalized spacial score (nSPS) is 21.8. The van der Waals surface area contributed by atoms with Crippen LogP contribution in [0.2, 0.25) is 0 Å². The third kappa shape index (κ3) is 5.58. The average Bonchev–Trinajstić information content (AvgIpc) is 3.29. The van der Waals surface area contributed by atoms with Crippen LogP contribution in [-0.2, 0) is 21.8 Å². The number of nitrogens with one attached hydrogen (secondary N) is 1. The van der Waals surface area contributed by atoms with E-state index in [1.54, 1.807) is 18.3 Å². The molecule has 1 aliphatic carbocycles. The van der Waals surface area contributed by atoms with Gasteiger partial charge >= 0.3 is 209 Å². The Labute approximate surface area is 218 Å². The van der Waals surface area contributed by atoms with Crippen molar-refractivity contribution < 1.29 is 28.2 Å². The number of rotatable bonds is 6. The number of aliphatic carboxylic acids is 1. The number of carboxylic acids is 1. The average molecular weight is 580 g/mol. The van der Waals surface area contributed by atoms with E-state index in [2.05, 4.69) is 37.1 Å². The fourth-order valence-electron chi connectivity index (χ4n) is 4.71. The van der Waals surface area contributed by atoms with Crippen molar-refractivity contribution in [2.45, 2.75) is 50.1 Å². The molecular formula is C24H24AsF3N4O3S. The number of hydrogen-bond acceptors (Lipinski definition) is 7. The number of benzene rings is 1. The predicted molar refractivity (Wildman–Crippen MR) is 130 cm³/mol. The molecule has 1 fully saturated rings. The minimum Gasteiger partial charge on any atom is -0.481 e. The van der Waals surface area contributed by atoms with Crippen molar-refractivity contribution in [1.82, 2.24) is 15.0 Å². The summed E-state index contributed by atoms with van der Waals surface area (Å²) in [7, 11) is 0. The zero-order chi connectivity index (χ0) is 26.3. The summed E-state index contributed by atoms with van der Waals surface area (Å²) < 4.78 is 39.1. The van der Waals surface area contributed by atoms with E-state index in [4.69, 9.17) is 0 Å². The van der Waals surface area contributed by atoms with E-state index in [1.807, 2.05) is 19.9 Å². The molecular weight excluding hydrogens is 556 g/mol. The topological polar surface area (TPSA) is 108 Å². The van der Waals surface area contributed by atoms with Crippen LogP contribution < -0.4 is 5.32 Å². The van der Waals surface area contributed by atoms with Gasteiger partial charge in [0.15, 0.2) is 0 Å². The molecule has 3 aromatic rings. The van der Waals surface area contributed by atoms with Gasteiger partial charge in [-0.1, -0.05) is 0 Å². The summed E-state index contributed by atoms with van der Waals surface area (Å²) in [6.45, 7) is 3.70. The van der Waals surface area contributed by atoms with Crippen LogP contribution in [0, 0.1) is 11.3 Å². The Bertz CT molecular complexity index is 1280. The zero-order valence-corrected chi connectivity index (χ0v) is 22.2. The van der Waals surface area contributed by atoms with Gasteiger partial charge in [0.1, 0.15) is 0 Å². The molecule has 1 aliphatic rings. The van der Waals surface area contributed by atoms with Crippen LogP contribution in [0.25, 0.3) is 10.4 Å². The van der Waals surface area contributed by atoms with E-state index >= 15 is 0 Å². The molecule has 2 radical (unpaired) electrons. The van der Waals surface area contributed by atoms with Crippen LogP contribution in [0.5, 0.6) is 0 Å². The number of carbonyl (C=O) groups is 1. The summed E-state index contributed by atoms with van der Waals surface area (Å²) in [4.78, 5) is 24.3. The molecule has 4 rings (SSSR count). The number of hydrogen-bond donors (Lipinski definition) is 3. The Kier molecular flexibility index (Phi) is 7.20. The minimum atomic E-state index is -4.58. The molecule has 2 heterocycles. The SMILES string of the molecule is CC1(C)C[C@@](O)(c2ncc(-c3cc(C[As])cc(Nc4nccc(C(F)(F)F)n4)c3)s2)CC[C@@H]1C(=O)O. The first-order chi connectivity index (χ1) is 16.8. The number of aromatic nitrogens is 3. The Hall–Kier alpha value is -2.49. The summed E-state index contributed by atoms with van der Waals surface area (Å²) in [5, 5.41) is 24.9. The molecule has 36 heavy (non-hydrogen) atoms. The van der Waals surface area contributed by atoms with Gasteiger partial charge in [0.2, 0.25) is 0 Å². The minimum absolute atomic E-state index is 0.171. The van der Waals surface area contributed by atoms with E-state index in [0.717, 1.165) is 28.3 Å². The first-order valence-corrected chi connectivity index (χ1v) is 13.3. The molecule has 7 nitrogen and oxygen atoms in total. The molecule has 1 saturated carbocycles. The molecule has 0 aliphatic heterocycles. The van der Waals surface area contributed by atoms with Crippen LogP contribution in [0.15, 0.2) is 36.7 Å². The number of anilines is 2. The second kappa shape index (κ2) is 9.76. The Morgan fingerprint density at radius 1 is 1.28 bits per heavy atom. The standard InChI is InChI=1S/C24H24AsF3N4O3S/c1-22(2)12-23(35,5-3-16(22)19(33)34)20-30-11-17(36-20)14-7-13(10-25)8-15(9-14)31-21-29-6-4-18(32-21)24(26,27)28/h4,6-9,11,16,35H,3,5,10,12H2,1-2H3,(H,33,34)(H,29,31,32)/t16-,23-/m1/s1. The smallest absolute Gasteiger partial charge is 0.481 e. The molecule has 0 saturated heterocycles. The number of nitrogens with zero attached hydrogens (tertiary/aromatic N) is 3. The van der Waals surface area contributed by atoms with Gasteiger partial charge in [0, 0.05) is 0 Å². The predicted octanol–water partition coefficient (Wildman–Crippen LogP) is 5.13. The summed E-state index contributed by atoms with van der Waals surface area (Å²) in [6.07, 6.45) is -0.950. The summed E-state index contributed by atoms with van der Waals surface area (Å²) in [5.74, 6) is -1.57. The van der Waals surface area contributed by atoms with Crippen molar-refractivity contribution in [1.29, 1.82) is 0 Å². The Balaban J connectivity index is 1.62. The fraction of sp³-hybridized carbons (Fsp3) is 0.417. The number of alkyl halides is 3. The van der Waals surface area contributed by atoms with Crippen molar-refractivity contribution in [2.24, 2.45) is 11.3 Å². The number of carboxylic acid groups (broad SMARTS) is 1. The van der Waals surface area contributed by atoms with Gasteiger partial charge in [0.05, 0.1) is 0 Å². The molecule has 1 aromatic carbocycles. The third-order valence-corrected chi connectivity index (χ3v) is 8.41. The Morgan fingerprint density at radius 3 is 2.67 bits per heavy atom. The van der Waals surface area contributed by atoms with Crippen LogP contribution >= 0.6 is 11.3 Å². The molecule has 12 heteroatoms. The van der Waals surface area contributed by atoms with Gasteiger partial charge in [-0.2, -0.15) is 0 Å². The molecule has 0 bridgehead atoms. The van der Waals surface area contributed by atoms with Gasteiger partial charge in [-0.3, -0.25) is 4.79 Å². The summed E-state index contributed by atoms with van der Waals surface area (Å²) >= 11 is 3.77. The number of thiazole rings is 1. The Morgan fingerprint density at radius 2 is 2.03 bits per heavy atom.